The van der Waals surface area contributed by atoms with Gasteiger partial charge in [0.15, 0.2) is 0 Å². The number of carbonyl (C=O) groups excluding carboxylic acids is 1. The Balaban J connectivity index is 0.00000112. The molecule has 82 valence electrons. The zero-order valence-electron chi connectivity index (χ0n) is 7.50. The van der Waals surface area contributed by atoms with Crippen molar-refractivity contribution in [2.75, 3.05) is 6.61 Å². The fourth-order valence-corrected chi connectivity index (χ4v) is 2.67. The first kappa shape index (κ1) is 12.8. The summed E-state index contributed by atoms with van der Waals surface area (Å²) in [6.45, 7) is 0.391. The zero-order chi connectivity index (χ0) is 10.1. The summed E-state index contributed by atoms with van der Waals surface area (Å²) in [4.78, 5) is 10.8. The molecule has 0 spiro atoms. The second kappa shape index (κ2) is 5.18. The summed E-state index contributed by atoms with van der Waals surface area (Å²) in [6, 6.07) is 5.83. The summed E-state index contributed by atoms with van der Waals surface area (Å²) in [6.07, 6.45) is -0.355. The van der Waals surface area contributed by atoms with E-state index in [1.807, 2.05) is 18.2 Å². The van der Waals surface area contributed by atoms with Gasteiger partial charge in [-0.3, -0.25) is 0 Å². The van der Waals surface area contributed by atoms with Crippen molar-refractivity contribution in [2.24, 2.45) is 0 Å². The highest BCUT2D eigenvalue weighted by Gasteiger charge is 2.23. The predicted molar refractivity (Wildman–Crippen MR) is 66.3 cm³/mol. The molecular weight excluding hydrogens is 349 g/mol. The Morgan fingerprint density at radius 1 is 1.27 bits per heavy atom. The molecule has 6 heteroatoms. The third kappa shape index (κ3) is 3.09. The molecule has 1 aliphatic heterocycles. The van der Waals surface area contributed by atoms with Gasteiger partial charge < -0.3 is 10.1 Å². The summed E-state index contributed by atoms with van der Waals surface area (Å²) < 4.78 is 6.77. The second-order valence-corrected chi connectivity index (χ2v) is 4.83. The van der Waals surface area contributed by atoms with E-state index >= 15 is 0 Å². The van der Waals surface area contributed by atoms with Crippen molar-refractivity contribution in [1.29, 1.82) is 0 Å². The lowest BCUT2D eigenvalue weighted by atomic mass is 10.1. The van der Waals surface area contributed by atoms with Crippen molar-refractivity contribution in [1.82, 2.24) is 5.32 Å². The largest absolute Gasteiger partial charge is 0.447 e. The van der Waals surface area contributed by atoms with Gasteiger partial charge in [0.25, 0.3) is 0 Å². The Morgan fingerprint density at radius 2 is 1.87 bits per heavy atom. The molecule has 1 amide bonds. The molecule has 1 N–H and O–H groups in total. The van der Waals surface area contributed by atoms with Gasteiger partial charge in [0, 0.05) is 8.95 Å². The second-order valence-electron chi connectivity index (χ2n) is 3.00. The van der Waals surface area contributed by atoms with Crippen LogP contribution in [0.1, 0.15) is 11.6 Å². The van der Waals surface area contributed by atoms with Crippen LogP contribution in [0.25, 0.3) is 0 Å². The van der Waals surface area contributed by atoms with Crippen molar-refractivity contribution in [2.45, 2.75) is 6.04 Å². The van der Waals surface area contributed by atoms with E-state index in [2.05, 4.69) is 37.2 Å². The maximum absolute atomic E-state index is 10.8. The Kier molecular flexibility index (Phi) is 4.43. The molecule has 1 aromatic rings. The normalized spacial score (nSPS) is 19.1. The van der Waals surface area contributed by atoms with Gasteiger partial charge in [0.05, 0.1) is 6.04 Å². The van der Waals surface area contributed by atoms with Crippen LogP contribution in [0.4, 0.5) is 4.79 Å². The molecule has 0 radical (unpaired) electrons. The smallest absolute Gasteiger partial charge is 0.407 e. The molecule has 1 fully saturated rings. The molecule has 1 heterocycles. The van der Waals surface area contributed by atoms with Crippen LogP contribution in [-0.2, 0) is 4.74 Å². The SMILES string of the molecule is Cl.O=C1N[C@H](c2cc(Br)cc(Br)c2)CO1. The van der Waals surface area contributed by atoms with Gasteiger partial charge in [-0.1, -0.05) is 31.9 Å². The third-order valence-corrected chi connectivity index (χ3v) is 2.88. The lowest BCUT2D eigenvalue weighted by Crippen LogP contribution is -2.18. The standard InChI is InChI=1S/C9H7Br2NO2.ClH/c10-6-1-5(2-7(11)3-6)8-4-14-9(13)12-8;/h1-3,8H,4H2,(H,12,13);1H/t8-;/m0./s1. The van der Waals surface area contributed by atoms with E-state index in [9.17, 15) is 4.79 Å². The molecule has 0 aliphatic carbocycles. The number of hydrogen-bond acceptors (Lipinski definition) is 2. The van der Waals surface area contributed by atoms with Crippen LogP contribution < -0.4 is 5.32 Å². The lowest BCUT2D eigenvalue weighted by Gasteiger charge is -2.08. The number of ether oxygens (including phenoxy) is 1. The van der Waals surface area contributed by atoms with Crippen LogP contribution in [0, 0.1) is 0 Å². The molecule has 0 aromatic heterocycles. The van der Waals surface area contributed by atoms with Crippen LogP contribution in [0.15, 0.2) is 27.1 Å². The first-order valence-corrected chi connectivity index (χ1v) is 5.63. The number of hydrogen-bond donors (Lipinski definition) is 1. The van der Waals surface area contributed by atoms with E-state index in [1.165, 1.54) is 0 Å². The monoisotopic (exact) mass is 355 g/mol. The maximum atomic E-state index is 10.8. The molecule has 1 aliphatic rings. The van der Waals surface area contributed by atoms with Crippen molar-refractivity contribution in [3.63, 3.8) is 0 Å². The Bertz CT molecular complexity index is 366. The predicted octanol–water partition coefficient (Wildman–Crippen LogP) is 3.41. The number of amides is 1. The molecule has 2 rings (SSSR count). The van der Waals surface area contributed by atoms with Crippen LogP contribution >= 0.6 is 44.3 Å². The maximum Gasteiger partial charge on any atom is 0.407 e. The molecule has 3 nitrogen and oxygen atoms in total. The minimum Gasteiger partial charge on any atom is -0.447 e. The van der Waals surface area contributed by atoms with E-state index < -0.39 is 0 Å². The van der Waals surface area contributed by atoms with Gasteiger partial charge >= 0.3 is 6.09 Å². The first-order valence-electron chi connectivity index (χ1n) is 4.04. The first-order chi connectivity index (χ1) is 6.65. The van der Waals surface area contributed by atoms with Crippen LogP contribution in [-0.4, -0.2) is 12.7 Å². The zero-order valence-corrected chi connectivity index (χ0v) is 11.5. The number of cyclic esters (lactones) is 1. The number of alkyl carbamates (subject to hydrolysis) is 1. The molecular formula is C9H8Br2ClNO2. The molecule has 15 heavy (non-hydrogen) atoms. The van der Waals surface area contributed by atoms with Crippen molar-refractivity contribution < 1.29 is 9.53 Å². The molecule has 1 aromatic carbocycles. The summed E-state index contributed by atoms with van der Waals surface area (Å²) >= 11 is 6.78. The average Bonchev–Trinajstić information content (AvgIpc) is 2.50. The van der Waals surface area contributed by atoms with Crippen molar-refractivity contribution in [3.8, 4) is 0 Å². The van der Waals surface area contributed by atoms with Crippen LogP contribution in [0.2, 0.25) is 0 Å². The number of benzene rings is 1. The van der Waals surface area contributed by atoms with Crippen LogP contribution in [0.3, 0.4) is 0 Å². The molecule has 0 unspecified atom stereocenters. The quantitative estimate of drug-likeness (QED) is 0.836. The van der Waals surface area contributed by atoms with E-state index in [0.717, 1.165) is 14.5 Å². The highest BCUT2D eigenvalue weighted by Crippen LogP contribution is 2.26. The molecule has 0 saturated carbocycles. The Labute approximate surface area is 110 Å². The molecule has 0 bridgehead atoms. The van der Waals surface area contributed by atoms with Crippen LogP contribution in [0.5, 0.6) is 0 Å². The summed E-state index contributed by atoms with van der Waals surface area (Å²) in [7, 11) is 0. The van der Waals surface area contributed by atoms with E-state index in [0.29, 0.717) is 6.61 Å². The summed E-state index contributed by atoms with van der Waals surface area (Å²) in [5.41, 5.74) is 1.03. The van der Waals surface area contributed by atoms with Gasteiger partial charge in [-0.2, -0.15) is 0 Å². The number of halogens is 3. The number of rotatable bonds is 1. The lowest BCUT2D eigenvalue weighted by molar-refractivity contribution is 0.177. The van der Waals surface area contributed by atoms with Gasteiger partial charge in [-0.25, -0.2) is 4.79 Å². The highest BCUT2D eigenvalue weighted by molar-refractivity contribution is 9.11. The van der Waals surface area contributed by atoms with E-state index in [-0.39, 0.29) is 24.5 Å². The van der Waals surface area contributed by atoms with Gasteiger partial charge in [-0.05, 0) is 23.8 Å². The van der Waals surface area contributed by atoms with E-state index in [1.54, 1.807) is 0 Å². The van der Waals surface area contributed by atoms with E-state index in [4.69, 9.17) is 4.74 Å². The molecule has 1 saturated heterocycles. The summed E-state index contributed by atoms with van der Waals surface area (Å²) in [5.74, 6) is 0. The number of carbonyl (C=O) groups is 1. The number of nitrogens with one attached hydrogen (secondary N) is 1. The Hall–Kier alpha value is -0.260. The van der Waals surface area contributed by atoms with Gasteiger partial charge in [0.1, 0.15) is 6.61 Å². The topological polar surface area (TPSA) is 38.3 Å². The average molecular weight is 357 g/mol. The van der Waals surface area contributed by atoms with Gasteiger partial charge in [-0.15, -0.1) is 12.4 Å². The van der Waals surface area contributed by atoms with Gasteiger partial charge in [0.2, 0.25) is 0 Å². The minimum absolute atomic E-state index is 0. The molecule has 1 atom stereocenters. The minimum atomic E-state index is -0.355. The summed E-state index contributed by atoms with van der Waals surface area (Å²) in [5, 5.41) is 2.72. The third-order valence-electron chi connectivity index (χ3n) is 1.96. The fraction of sp³-hybridized carbons (Fsp3) is 0.222. The Morgan fingerprint density at radius 3 is 2.33 bits per heavy atom. The fourth-order valence-electron chi connectivity index (χ4n) is 1.34. The highest BCUT2D eigenvalue weighted by atomic mass is 79.9. The van der Waals surface area contributed by atoms with Crippen molar-refractivity contribution >= 4 is 50.4 Å². The van der Waals surface area contributed by atoms with Crippen molar-refractivity contribution in [3.05, 3.63) is 32.7 Å².